The fraction of sp³-hybridized carbons (Fsp3) is 0.278. The van der Waals surface area contributed by atoms with E-state index in [-0.39, 0.29) is 0 Å². The van der Waals surface area contributed by atoms with Crippen LogP contribution in [0.1, 0.15) is 21.6 Å². The van der Waals surface area contributed by atoms with Crippen LogP contribution in [0.3, 0.4) is 0 Å². The molecule has 146 valence electrons. The molecule has 10 heteroatoms. The first kappa shape index (κ1) is 18.4. The zero-order valence-electron chi connectivity index (χ0n) is 15.3. The number of aromatic amines is 1. The molecule has 0 amide bonds. The smallest absolute Gasteiger partial charge is 0.341 e. The van der Waals surface area contributed by atoms with Gasteiger partial charge in [0.05, 0.1) is 12.7 Å². The maximum absolute atomic E-state index is 11.5. The molecule has 0 fully saturated rings. The van der Waals surface area contributed by atoms with E-state index in [1.54, 1.807) is 6.07 Å². The molecule has 0 spiro atoms. The summed E-state index contributed by atoms with van der Waals surface area (Å²) in [5.41, 5.74) is 4.07. The van der Waals surface area contributed by atoms with Crippen LogP contribution in [0.15, 0.2) is 30.6 Å². The maximum Gasteiger partial charge on any atom is 0.341 e. The van der Waals surface area contributed by atoms with Gasteiger partial charge < -0.3 is 23.5 Å². The van der Waals surface area contributed by atoms with Gasteiger partial charge in [-0.25, -0.2) is 14.8 Å². The molecule has 1 atom stereocenters. The fourth-order valence-corrected chi connectivity index (χ4v) is 3.65. The van der Waals surface area contributed by atoms with Crippen molar-refractivity contribution in [2.24, 2.45) is 0 Å². The second kappa shape index (κ2) is 7.21. The first-order valence-corrected chi connectivity index (χ1v) is 9.63. The monoisotopic (exact) mass is 400 g/mol. The third-order valence-electron chi connectivity index (χ3n) is 4.89. The minimum absolute atomic E-state index is 0.300. The van der Waals surface area contributed by atoms with Gasteiger partial charge in [0.2, 0.25) is 5.95 Å². The molecule has 4 rings (SSSR count). The third kappa shape index (κ3) is 3.20. The Morgan fingerprint density at radius 2 is 2.11 bits per heavy atom. The molecule has 1 aliphatic rings. The van der Waals surface area contributed by atoms with E-state index in [1.165, 1.54) is 30.9 Å². The van der Waals surface area contributed by atoms with Crippen LogP contribution >= 0.6 is 0 Å². The molecule has 9 nitrogen and oxygen atoms in total. The van der Waals surface area contributed by atoms with E-state index in [2.05, 4.69) is 19.7 Å². The van der Waals surface area contributed by atoms with Crippen molar-refractivity contribution in [1.82, 2.24) is 15.0 Å². The lowest BCUT2D eigenvalue weighted by Crippen LogP contribution is -2.31. The second-order valence-corrected chi connectivity index (χ2v) is 7.44. The second-order valence-electron chi connectivity index (χ2n) is 6.46. The van der Waals surface area contributed by atoms with Crippen molar-refractivity contribution in [2.75, 3.05) is 29.9 Å². The number of esters is 1. The average molecular weight is 400 g/mol. The molecule has 0 saturated carbocycles. The van der Waals surface area contributed by atoms with Crippen molar-refractivity contribution in [3.05, 3.63) is 47.4 Å². The summed E-state index contributed by atoms with van der Waals surface area (Å²) in [6.07, 6.45) is 3.69. The van der Waals surface area contributed by atoms with Crippen molar-refractivity contribution in [3.8, 4) is 0 Å². The first-order valence-electron chi connectivity index (χ1n) is 8.60. The van der Waals surface area contributed by atoms with Gasteiger partial charge in [-0.15, -0.1) is 0 Å². The fourth-order valence-electron chi connectivity index (χ4n) is 3.36. The van der Waals surface area contributed by atoms with Crippen LogP contribution in [-0.4, -0.2) is 50.4 Å². The van der Waals surface area contributed by atoms with Crippen molar-refractivity contribution in [2.45, 2.75) is 13.0 Å². The van der Waals surface area contributed by atoms with Crippen LogP contribution < -0.4 is 9.21 Å². The number of H-pyrrole nitrogens is 1. The van der Waals surface area contributed by atoms with E-state index in [1.807, 2.05) is 17.0 Å². The quantitative estimate of drug-likeness (QED) is 0.522. The molecule has 3 heterocycles. The first-order chi connectivity index (χ1) is 13.5. The molecular formula is C18H18N5O4S-. The molecule has 1 N–H and O–H groups in total. The number of fused-ring (bicyclic) bond motifs is 3. The Morgan fingerprint density at radius 3 is 2.79 bits per heavy atom. The summed E-state index contributed by atoms with van der Waals surface area (Å²) in [6.45, 7) is 1.31. The molecular weight excluding hydrogens is 382 g/mol. The number of anilines is 2. The minimum Gasteiger partial charge on any atom is -0.755 e. The van der Waals surface area contributed by atoms with Gasteiger partial charge in [0.15, 0.2) is 0 Å². The molecule has 0 aliphatic carbocycles. The van der Waals surface area contributed by atoms with E-state index in [0.29, 0.717) is 23.7 Å². The lowest BCUT2D eigenvalue weighted by molar-refractivity contribution is 0.0599. The molecule has 2 aromatic heterocycles. The van der Waals surface area contributed by atoms with E-state index in [0.717, 1.165) is 35.1 Å². The van der Waals surface area contributed by atoms with Gasteiger partial charge in [-0.05, 0) is 18.2 Å². The highest BCUT2D eigenvalue weighted by Gasteiger charge is 2.23. The van der Waals surface area contributed by atoms with Gasteiger partial charge in [-0.2, -0.15) is 0 Å². The molecule has 1 aliphatic heterocycles. The predicted molar refractivity (Wildman–Crippen MR) is 104 cm³/mol. The number of hydrogen-bond acceptors (Lipinski definition) is 7. The van der Waals surface area contributed by atoms with Crippen molar-refractivity contribution >= 4 is 39.8 Å². The zero-order chi connectivity index (χ0) is 19.8. The number of nitrogens with one attached hydrogen (secondary N) is 1. The van der Waals surface area contributed by atoms with Crippen LogP contribution in [-0.2, 0) is 29.0 Å². The van der Waals surface area contributed by atoms with Crippen LogP contribution in [0.2, 0.25) is 0 Å². The number of hydrogen-bond donors (Lipinski definition) is 1. The molecule has 3 aromatic rings. The Hall–Kier alpha value is -2.98. The molecule has 1 aromatic carbocycles. The highest BCUT2D eigenvalue weighted by Crippen LogP contribution is 2.31. The Labute approximate surface area is 163 Å². The number of carbonyl (C=O) groups excluding carboxylic acids is 1. The van der Waals surface area contributed by atoms with Gasteiger partial charge in [0, 0.05) is 78.1 Å². The highest BCUT2D eigenvalue weighted by atomic mass is 32.2. The summed E-state index contributed by atoms with van der Waals surface area (Å²) in [5, 5.41) is 0.973. The van der Waals surface area contributed by atoms with Crippen LogP contribution in [0.5, 0.6) is 0 Å². The Balaban J connectivity index is 1.65. The van der Waals surface area contributed by atoms with Crippen molar-refractivity contribution < 1.29 is 18.3 Å². The standard InChI is InChI=1S/C18H19N5O4S/c1-22(28(25)26)12-3-4-15-13(7-12)14-10-23(6-5-16(14)21-15)18-19-8-11(9-20-18)17(24)27-2/h3-4,7-9,21H,5-6,10H2,1-2H3,(H,25,26)/p-1. The summed E-state index contributed by atoms with van der Waals surface area (Å²) in [4.78, 5) is 25.6. The van der Waals surface area contributed by atoms with Crippen LogP contribution in [0, 0.1) is 0 Å². The van der Waals surface area contributed by atoms with Crippen molar-refractivity contribution in [1.29, 1.82) is 0 Å². The summed E-state index contributed by atoms with van der Waals surface area (Å²) in [6, 6.07) is 5.52. The largest absolute Gasteiger partial charge is 0.755 e. The molecule has 0 radical (unpaired) electrons. The van der Waals surface area contributed by atoms with E-state index < -0.39 is 17.2 Å². The van der Waals surface area contributed by atoms with Gasteiger partial charge >= 0.3 is 5.97 Å². The topological polar surface area (TPSA) is 114 Å². The number of carbonyl (C=O) groups is 1. The maximum atomic E-state index is 11.5. The van der Waals surface area contributed by atoms with E-state index >= 15 is 0 Å². The van der Waals surface area contributed by atoms with Gasteiger partial charge in [-0.1, -0.05) is 0 Å². The number of rotatable bonds is 4. The lowest BCUT2D eigenvalue weighted by Gasteiger charge is -2.27. The predicted octanol–water partition coefficient (Wildman–Crippen LogP) is 1.54. The number of ether oxygens (including phenoxy) is 1. The average Bonchev–Trinajstić information content (AvgIpc) is 3.09. The van der Waals surface area contributed by atoms with E-state index in [9.17, 15) is 13.6 Å². The third-order valence-corrected chi connectivity index (χ3v) is 5.55. The number of methoxy groups -OCH3 is 1. The van der Waals surface area contributed by atoms with Gasteiger partial charge in [0.1, 0.15) is 0 Å². The molecule has 0 bridgehead atoms. The number of nitrogens with zero attached hydrogens (tertiary/aromatic N) is 4. The Bertz CT molecular complexity index is 1070. The van der Waals surface area contributed by atoms with Crippen LogP contribution in [0.4, 0.5) is 11.6 Å². The Morgan fingerprint density at radius 1 is 1.36 bits per heavy atom. The lowest BCUT2D eigenvalue weighted by atomic mass is 10.0. The van der Waals surface area contributed by atoms with E-state index in [4.69, 9.17) is 0 Å². The molecule has 1 unspecified atom stereocenters. The van der Waals surface area contributed by atoms with Gasteiger partial charge in [0.25, 0.3) is 0 Å². The number of benzene rings is 1. The van der Waals surface area contributed by atoms with Crippen molar-refractivity contribution in [3.63, 3.8) is 0 Å². The number of aromatic nitrogens is 3. The highest BCUT2D eigenvalue weighted by molar-refractivity contribution is 7.80. The Kier molecular flexibility index (Phi) is 4.73. The SMILES string of the molecule is COC(=O)c1cnc(N2CCc3[nH]c4ccc(N(C)S(=O)[O-])cc4c3C2)nc1. The van der Waals surface area contributed by atoms with Gasteiger partial charge in [-0.3, -0.25) is 4.21 Å². The van der Waals surface area contributed by atoms with Crippen LogP contribution in [0.25, 0.3) is 10.9 Å². The summed E-state index contributed by atoms with van der Waals surface area (Å²) in [5.74, 6) is 0.0538. The normalized spacial score (nSPS) is 14.6. The zero-order valence-corrected chi connectivity index (χ0v) is 16.2. The summed E-state index contributed by atoms with van der Waals surface area (Å²) >= 11 is -2.33. The minimum atomic E-state index is -2.33. The summed E-state index contributed by atoms with van der Waals surface area (Å²) in [7, 11) is 2.82. The molecule has 28 heavy (non-hydrogen) atoms. The summed E-state index contributed by atoms with van der Waals surface area (Å²) < 4.78 is 28.4. The molecule has 0 saturated heterocycles.